The number of aryl methyl sites for hydroxylation is 2. The molecular formula is C16H15FN2O2. The third-order valence-corrected chi connectivity index (χ3v) is 3.94. The summed E-state index contributed by atoms with van der Waals surface area (Å²) in [5.74, 6) is -0.948. The van der Waals surface area contributed by atoms with Gasteiger partial charge in [-0.25, -0.2) is 14.4 Å². The summed E-state index contributed by atoms with van der Waals surface area (Å²) in [4.78, 5) is 19.8. The average Bonchev–Trinajstić information content (AvgIpc) is 2.48. The number of halogens is 1. The minimum Gasteiger partial charge on any atom is -0.481 e. The van der Waals surface area contributed by atoms with Gasteiger partial charge in [0.25, 0.3) is 0 Å². The van der Waals surface area contributed by atoms with E-state index in [1.165, 1.54) is 12.1 Å². The standard InChI is InChI=1S/C16H15FN2O2/c1-9-2-4-12(17)7-13(9)15-18-8-11-6-10(16(20)21)3-5-14(11)19-15/h2,4,7-8,10H,3,5-6H2,1H3,(H,20,21). The summed E-state index contributed by atoms with van der Waals surface area (Å²) in [5.41, 5.74) is 3.35. The van der Waals surface area contributed by atoms with E-state index in [0.29, 0.717) is 30.7 Å². The zero-order valence-electron chi connectivity index (χ0n) is 11.6. The number of benzene rings is 1. The summed E-state index contributed by atoms with van der Waals surface area (Å²) in [7, 11) is 0. The number of hydrogen-bond donors (Lipinski definition) is 1. The first-order valence-electron chi connectivity index (χ1n) is 6.88. The van der Waals surface area contributed by atoms with Gasteiger partial charge in [0.1, 0.15) is 5.82 Å². The van der Waals surface area contributed by atoms with Crippen LogP contribution in [0, 0.1) is 18.7 Å². The lowest BCUT2D eigenvalue weighted by atomic mass is 9.87. The fraction of sp³-hybridized carbons (Fsp3) is 0.312. The maximum absolute atomic E-state index is 13.4. The number of fused-ring (bicyclic) bond motifs is 1. The maximum atomic E-state index is 13.4. The van der Waals surface area contributed by atoms with Gasteiger partial charge in [0.2, 0.25) is 0 Å². The third kappa shape index (κ3) is 2.63. The number of carbonyl (C=O) groups is 1. The molecule has 0 amide bonds. The minimum atomic E-state index is -0.772. The molecular weight excluding hydrogens is 271 g/mol. The van der Waals surface area contributed by atoms with Gasteiger partial charge >= 0.3 is 5.97 Å². The highest BCUT2D eigenvalue weighted by Crippen LogP contribution is 2.27. The van der Waals surface area contributed by atoms with Gasteiger partial charge in [-0.1, -0.05) is 6.07 Å². The van der Waals surface area contributed by atoms with E-state index in [2.05, 4.69) is 9.97 Å². The summed E-state index contributed by atoms with van der Waals surface area (Å²) in [6.45, 7) is 1.89. The van der Waals surface area contributed by atoms with Gasteiger partial charge in [0, 0.05) is 17.5 Å². The van der Waals surface area contributed by atoms with Crippen LogP contribution in [0.1, 0.15) is 23.2 Å². The highest BCUT2D eigenvalue weighted by molar-refractivity contribution is 5.71. The molecule has 0 spiro atoms. The van der Waals surface area contributed by atoms with Gasteiger partial charge in [-0.2, -0.15) is 0 Å². The van der Waals surface area contributed by atoms with Crippen molar-refractivity contribution in [2.45, 2.75) is 26.2 Å². The summed E-state index contributed by atoms with van der Waals surface area (Å²) in [5, 5.41) is 9.08. The summed E-state index contributed by atoms with van der Waals surface area (Å²) < 4.78 is 13.4. The van der Waals surface area contributed by atoms with Crippen LogP contribution in [-0.2, 0) is 17.6 Å². The number of nitrogens with zero attached hydrogens (tertiary/aromatic N) is 2. The topological polar surface area (TPSA) is 63.1 Å². The Morgan fingerprint density at radius 2 is 2.24 bits per heavy atom. The van der Waals surface area contributed by atoms with Gasteiger partial charge in [-0.3, -0.25) is 4.79 Å². The lowest BCUT2D eigenvalue weighted by Crippen LogP contribution is -2.23. The second kappa shape index (κ2) is 5.24. The number of aromatic nitrogens is 2. The number of hydrogen-bond acceptors (Lipinski definition) is 3. The van der Waals surface area contributed by atoms with Crippen LogP contribution < -0.4 is 0 Å². The molecule has 1 heterocycles. The van der Waals surface area contributed by atoms with Gasteiger partial charge < -0.3 is 5.11 Å². The minimum absolute atomic E-state index is 0.317. The Morgan fingerprint density at radius 1 is 1.43 bits per heavy atom. The van der Waals surface area contributed by atoms with Crippen LogP contribution >= 0.6 is 0 Å². The highest BCUT2D eigenvalue weighted by atomic mass is 19.1. The van der Waals surface area contributed by atoms with Crippen molar-refractivity contribution in [2.75, 3.05) is 0 Å². The van der Waals surface area contributed by atoms with Crippen molar-refractivity contribution in [3.05, 3.63) is 47.0 Å². The highest BCUT2D eigenvalue weighted by Gasteiger charge is 2.25. The Bertz CT molecular complexity index is 715. The molecule has 1 aliphatic rings. The molecule has 4 nitrogen and oxygen atoms in total. The second-order valence-electron chi connectivity index (χ2n) is 5.40. The molecule has 0 saturated carbocycles. The molecule has 2 aromatic rings. The molecule has 108 valence electrons. The van der Waals surface area contributed by atoms with E-state index in [1.54, 1.807) is 12.3 Å². The smallest absolute Gasteiger partial charge is 0.306 e. The zero-order valence-corrected chi connectivity index (χ0v) is 11.6. The van der Waals surface area contributed by atoms with Crippen LogP contribution in [0.2, 0.25) is 0 Å². The molecule has 5 heteroatoms. The van der Waals surface area contributed by atoms with Crippen molar-refractivity contribution >= 4 is 5.97 Å². The van der Waals surface area contributed by atoms with Crippen molar-refractivity contribution in [1.29, 1.82) is 0 Å². The molecule has 0 fully saturated rings. The van der Waals surface area contributed by atoms with Crippen molar-refractivity contribution in [1.82, 2.24) is 9.97 Å². The van der Waals surface area contributed by atoms with Crippen LogP contribution in [-0.4, -0.2) is 21.0 Å². The van der Waals surface area contributed by atoms with E-state index in [9.17, 15) is 9.18 Å². The Balaban J connectivity index is 1.97. The quantitative estimate of drug-likeness (QED) is 0.922. The molecule has 1 atom stereocenters. The normalized spacial score (nSPS) is 17.3. The fourth-order valence-corrected chi connectivity index (χ4v) is 2.68. The van der Waals surface area contributed by atoms with E-state index >= 15 is 0 Å². The van der Waals surface area contributed by atoms with Gasteiger partial charge in [0.15, 0.2) is 5.82 Å². The van der Waals surface area contributed by atoms with Gasteiger partial charge in [0.05, 0.1) is 5.92 Å². The molecule has 0 radical (unpaired) electrons. The lowest BCUT2D eigenvalue weighted by Gasteiger charge is -2.20. The third-order valence-electron chi connectivity index (χ3n) is 3.94. The molecule has 3 rings (SSSR count). The predicted molar refractivity (Wildman–Crippen MR) is 75.3 cm³/mol. The van der Waals surface area contributed by atoms with Crippen LogP contribution in [0.5, 0.6) is 0 Å². The molecule has 1 aliphatic carbocycles. The van der Waals surface area contributed by atoms with Crippen LogP contribution in [0.4, 0.5) is 4.39 Å². The number of carboxylic acids is 1. The van der Waals surface area contributed by atoms with Crippen molar-refractivity contribution < 1.29 is 14.3 Å². The summed E-state index contributed by atoms with van der Waals surface area (Å²) in [6, 6.07) is 4.54. The SMILES string of the molecule is Cc1ccc(F)cc1-c1ncc2c(n1)CCC(C(=O)O)C2. The van der Waals surface area contributed by atoms with Crippen molar-refractivity contribution in [3.8, 4) is 11.4 Å². The Morgan fingerprint density at radius 3 is 3.00 bits per heavy atom. The van der Waals surface area contributed by atoms with E-state index in [0.717, 1.165) is 16.8 Å². The number of rotatable bonds is 2. The first-order valence-corrected chi connectivity index (χ1v) is 6.88. The first-order chi connectivity index (χ1) is 10.0. The Labute approximate surface area is 121 Å². The first kappa shape index (κ1) is 13.7. The average molecular weight is 286 g/mol. The molecule has 0 saturated heterocycles. The molecule has 0 bridgehead atoms. The summed E-state index contributed by atoms with van der Waals surface area (Å²) in [6.07, 6.45) is 3.35. The molecule has 0 aliphatic heterocycles. The molecule has 1 aromatic heterocycles. The van der Waals surface area contributed by atoms with E-state index in [1.807, 2.05) is 6.92 Å². The molecule has 1 aromatic carbocycles. The molecule has 21 heavy (non-hydrogen) atoms. The van der Waals surface area contributed by atoms with Crippen molar-refractivity contribution in [2.24, 2.45) is 5.92 Å². The van der Waals surface area contributed by atoms with Crippen LogP contribution in [0.25, 0.3) is 11.4 Å². The lowest BCUT2D eigenvalue weighted by molar-refractivity contribution is -0.142. The Kier molecular flexibility index (Phi) is 3.41. The van der Waals surface area contributed by atoms with E-state index in [4.69, 9.17) is 5.11 Å². The second-order valence-corrected chi connectivity index (χ2v) is 5.40. The summed E-state index contributed by atoms with van der Waals surface area (Å²) >= 11 is 0. The zero-order chi connectivity index (χ0) is 15.0. The van der Waals surface area contributed by atoms with Crippen LogP contribution in [0.3, 0.4) is 0 Å². The van der Waals surface area contributed by atoms with Crippen molar-refractivity contribution in [3.63, 3.8) is 0 Å². The van der Waals surface area contributed by atoms with Crippen LogP contribution in [0.15, 0.2) is 24.4 Å². The fourth-order valence-electron chi connectivity index (χ4n) is 2.68. The largest absolute Gasteiger partial charge is 0.481 e. The van der Waals surface area contributed by atoms with Gasteiger partial charge in [-0.05, 0) is 49.4 Å². The Hall–Kier alpha value is -2.30. The van der Waals surface area contributed by atoms with Gasteiger partial charge in [-0.15, -0.1) is 0 Å². The number of aliphatic carboxylic acids is 1. The van der Waals surface area contributed by atoms with E-state index < -0.39 is 5.97 Å². The molecule has 1 unspecified atom stereocenters. The predicted octanol–water partition coefficient (Wildman–Crippen LogP) is 2.78. The molecule has 1 N–H and O–H groups in total. The maximum Gasteiger partial charge on any atom is 0.306 e. The monoisotopic (exact) mass is 286 g/mol. The van der Waals surface area contributed by atoms with E-state index in [-0.39, 0.29) is 11.7 Å². The number of carboxylic acid groups (broad SMARTS) is 1.